The van der Waals surface area contributed by atoms with Gasteiger partial charge in [-0.05, 0) is 53.4 Å². The molecule has 102 valence electrons. The van der Waals surface area contributed by atoms with Crippen molar-refractivity contribution in [2.75, 3.05) is 6.61 Å². The van der Waals surface area contributed by atoms with Crippen LogP contribution in [0.4, 0.5) is 13.2 Å². The molecule has 19 heavy (non-hydrogen) atoms. The Labute approximate surface area is 125 Å². The third kappa shape index (κ3) is 4.58. The predicted molar refractivity (Wildman–Crippen MR) is 71.7 cm³/mol. The van der Waals surface area contributed by atoms with Crippen LogP contribution in [0.3, 0.4) is 0 Å². The molecule has 1 aromatic carbocycles. The molecule has 0 aliphatic rings. The molecule has 0 fully saturated rings. The Morgan fingerprint density at radius 1 is 1.53 bits per heavy atom. The zero-order valence-electron chi connectivity index (χ0n) is 9.55. The van der Waals surface area contributed by atoms with E-state index < -0.39 is 11.5 Å². The predicted octanol–water partition coefficient (Wildman–Crippen LogP) is 3.95. The highest BCUT2D eigenvalue weighted by molar-refractivity contribution is 14.1. The molecule has 0 unspecified atom stereocenters. The number of nitrogens with zero attached hydrogens (tertiary/aromatic N) is 1. The van der Waals surface area contributed by atoms with Crippen molar-refractivity contribution in [2.45, 2.75) is 17.3 Å². The van der Waals surface area contributed by atoms with E-state index in [2.05, 4.69) is 0 Å². The third-order valence-electron chi connectivity index (χ3n) is 1.90. The highest BCUT2D eigenvalue weighted by Gasteiger charge is 2.30. The van der Waals surface area contributed by atoms with E-state index in [9.17, 15) is 18.0 Å². The molecule has 0 radical (unpaired) electrons. The van der Waals surface area contributed by atoms with Crippen LogP contribution in [-0.4, -0.2) is 18.1 Å². The monoisotopic (exact) mass is 401 g/mol. The fourth-order valence-electron chi connectivity index (χ4n) is 1.23. The lowest BCUT2D eigenvalue weighted by Gasteiger charge is -2.10. The van der Waals surface area contributed by atoms with Gasteiger partial charge in [-0.1, -0.05) is 0 Å². The summed E-state index contributed by atoms with van der Waals surface area (Å²) in [5.41, 5.74) is -4.50. The van der Waals surface area contributed by atoms with Crippen molar-refractivity contribution < 1.29 is 22.7 Å². The minimum absolute atomic E-state index is 0.0119. The van der Waals surface area contributed by atoms with E-state index in [4.69, 9.17) is 10.00 Å². The van der Waals surface area contributed by atoms with Crippen molar-refractivity contribution >= 4 is 40.3 Å². The number of carbonyl (C=O) groups is 1. The number of hydrogen-bond donors (Lipinski definition) is 0. The van der Waals surface area contributed by atoms with Gasteiger partial charge < -0.3 is 4.74 Å². The minimum Gasteiger partial charge on any atom is -0.462 e. The first-order chi connectivity index (χ1) is 8.78. The number of benzene rings is 1. The van der Waals surface area contributed by atoms with Crippen LogP contribution in [0.2, 0.25) is 0 Å². The second kappa shape index (κ2) is 6.47. The van der Waals surface area contributed by atoms with Crippen molar-refractivity contribution in [3.8, 4) is 6.07 Å². The van der Waals surface area contributed by atoms with Crippen LogP contribution in [0.5, 0.6) is 0 Å². The summed E-state index contributed by atoms with van der Waals surface area (Å²) in [5.74, 6) is -0.743. The summed E-state index contributed by atoms with van der Waals surface area (Å²) in [7, 11) is 0. The number of carbonyl (C=O) groups excluding carboxylic acids is 1. The molecule has 1 aromatic rings. The Morgan fingerprint density at radius 3 is 2.63 bits per heavy atom. The number of esters is 1. The van der Waals surface area contributed by atoms with Crippen LogP contribution < -0.4 is 0 Å². The maximum Gasteiger partial charge on any atom is 0.446 e. The van der Waals surface area contributed by atoms with E-state index in [1.54, 1.807) is 35.6 Å². The smallest absolute Gasteiger partial charge is 0.446 e. The normalized spacial score (nSPS) is 10.9. The highest BCUT2D eigenvalue weighted by atomic mass is 127. The van der Waals surface area contributed by atoms with Crippen LogP contribution in [0, 0.1) is 14.9 Å². The summed E-state index contributed by atoms with van der Waals surface area (Å²) < 4.78 is 42.0. The molecule has 0 saturated carbocycles. The topological polar surface area (TPSA) is 50.1 Å². The fraction of sp³-hybridized carbons (Fsp3) is 0.273. The first-order valence-electron chi connectivity index (χ1n) is 4.95. The lowest BCUT2D eigenvalue weighted by Crippen LogP contribution is -2.09. The largest absolute Gasteiger partial charge is 0.462 e. The molecule has 0 bridgehead atoms. The van der Waals surface area contributed by atoms with Crippen LogP contribution >= 0.6 is 34.4 Å². The second-order valence-electron chi connectivity index (χ2n) is 3.21. The van der Waals surface area contributed by atoms with Gasteiger partial charge in [-0.2, -0.15) is 18.4 Å². The Balaban J connectivity index is 3.27. The SMILES string of the molecule is CCOC(=O)c1cc(SC(F)(F)F)cc(C#N)c1I. The molecule has 0 saturated heterocycles. The molecule has 0 aromatic heterocycles. The average Bonchev–Trinajstić information content (AvgIpc) is 2.29. The van der Waals surface area contributed by atoms with Crippen LogP contribution in [0.15, 0.2) is 17.0 Å². The first-order valence-corrected chi connectivity index (χ1v) is 6.84. The van der Waals surface area contributed by atoms with E-state index in [0.29, 0.717) is 0 Å². The summed E-state index contributed by atoms with van der Waals surface area (Å²) in [6, 6.07) is 3.94. The molecule has 0 amide bonds. The molecule has 1 rings (SSSR count). The van der Waals surface area contributed by atoms with E-state index in [0.717, 1.165) is 12.1 Å². The van der Waals surface area contributed by atoms with E-state index in [1.807, 2.05) is 0 Å². The van der Waals surface area contributed by atoms with Crippen molar-refractivity contribution in [1.29, 1.82) is 5.26 Å². The molecular weight excluding hydrogens is 394 g/mol. The molecule has 0 aliphatic heterocycles. The lowest BCUT2D eigenvalue weighted by atomic mass is 10.1. The van der Waals surface area contributed by atoms with Gasteiger partial charge in [0.1, 0.15) is 6.07 Å². The maximum absolute atomic E-state index is 12.3. The van der Waals surface area contributed by atoms with Gasteiger partial charge in [0.2, 0.25) is 0 Å². The van der Waals surface area contributed by atoms with Gasteiger partial charge in [-0.3, -0.25) is 0 Å². The van der Waals surface area contributed by atoms with Crippen molar-refractivity contribution in [2.24, 2.45) is 0 Å². The minimum atomic E-state index is -4.48. The van der Waals surface area contributed by atoms with Gasteiger partial charge in [0, 0.05) is 8.47 Å². The number of halogens is 4. The number of ether oxygens (including phenoxy) is 1. The number of thioether (sulfide) groups is 1. The Morgan fingerprint density at radius 2 is 2.16 bits per heavy atom. The van der Waals surface area contributed by atoms with E-state index in [1.165, 1.54) is 0 Å². The van der Waals surface area contributed by atoms with Gasteiger partial charge in [-0.15, -0.1) is 0 Å². The highest BCUT2D eigenvalue weighted by Crippen LogP contribution is 2.38. The number of alkyl halides is 3. The van der Waals surface area contributed by atoms with Crippen LogP contribution in [-0.2, 0) is 4.74 Å². The molecule has 3 nitrogen and oxygen atoms in total. The van der Waals surface area contributed by atoms with Crippen LogP contribution in [0.25, 0.3) is 0 Å². The van der Waals surface area contributed by atoms with Gasteiger partial charge >= 0.3 is 11.5 Å². The number of nitriles is 1. The van der Waals surface area contributed by atoms with Crippen molar-refractivity contribution in [1.82, 2.24) is 0 Å². The summed E-state index contributed by atoms with van der Waals surface area (Å²) in [4.78, 5) is 11.4. The fourth-order valence-corrected chi connectivity index (χ4v) is 2.50. The van der Waals surface area contributed by atoms with Gasteiger partial charge in [0.15, 0.2) is 0 Å². The molecule has 8 heteroatoms. The summed E-state index contributed by atoms with van der Waals surface area (Å²) >= 11 is 1.36. The molecule has 0 heterocycles. The Bertz CT molecular complexity index is 540. The molecule has 0 spiro atoms. The molecular formula is C11H7F3INO2S. The number of hydrogen-bond acceptors (Lipinski definition) is 4. The Hall–Kier alpha value is -0.950. The summed E-state index contributed by atoms with van der Waals surface area (Å²) in [6.07, 6.45) is 0. The number of rotatable bonds is 3. The summed E-state index contributed by atoms with van der Waals surface area (Å²) in [6.45, 7) is 1.69. The van der Waals surface area contributed by atoms with Gasteiger partial charge in [-0.25, -0.2) is 4.79 Å². The van der Waals surface area contributed by atoms with E-state index in [-0.39, 0.29) is 38.0 Å². The first kappa shape index (κ1) is 16.1. The summed E-state index contributed by atoms with van der Waals surface area (Å²) in [5, 5.41) is 8.88. The van der Waals surface area contributed by atoms with Gasteiger partial charge in [0.05, 0.1) is 17.7 Å². The zero-order valence-corrected chi connectivity index (χ0v) is 12.5. The standard InChI is InChI=1S/C11H7F3INO2S/c1-2-18-10(17)8-4-7(19-11(12,13)14)3-6(5-16)9(8)15/h3-4H,2H2,1H3. The van der Waals surface area contributed by atoms with Crippen molar-refractivity contribution in [3.05, 3.63) is 26.8 Å². The Kier molecular flexibility index (Phi) is 5.49. The zero-order chi connectivity index (χ0) is 14.6. The average molecular weight is 401 g/mol. The van der Waals surface area contributed by atoms with E-state index >= 15 is 0 Å². The van der Waals surface area contributed by atoms with Crippen molar-refractivity contribution in [3.63, 3.8) is 0 Å². The van der Waals surface area contributed by atoms with Crippen LogP contribution in [0.1, 0.15) is 22.8 Å². The van der Waals surface area contributed by atoms with Gasteiger partial charge in [0.25, 0.3) is 0 Å². The molecule has 0 aliphatic carbocycles. The lowest BCUT2D eigenvalue weighted by molar-refractivity contribution is -0.0328. The molecule has 0 atom stereocenters. The quantitative estimate of drug-likeness (QED) is 0.437. The molecule has 0 N–H and O–H groups in total. The maximum atomic E-state index is 12.3. The second-order valence-corrected chi connectivity index (χ2v) is 5.43. The third-order valence-corrected chi connectivity index (χ3v) is 3.76.